The van der Waals surface area contributed by atoms with Gasteiger partial charge in [0.1, 0.15) is 5.76 Å². The van der Waals surface area contributed by atoms with E-state index < -0.39 is 11.6 Å². The molecule has 3 N–H and O–H groups in total. The maximum absolute atomic E-state index is 12.3. The molecule has 1 saturated heterocycles. The number of nitrogens with zero attached hydrogens (tertiary/aromatic N) is 1. The number of nitrogens with two attached hydrogens (primary N) is 1. The number of thiocarbonyl (C=S) groups is 1. The van der Waals surface area contributed by atoms with Gasteiger partial charge in [-0.05, 0) is 31.9 Å². The highest BCUT2D eigenvalue weighted by Crippen LogP contribution is 2.29. The zero-order valence-corrected chi connectivity index (χ0v) is 11.3. The molecule has 102 valence electrons. The van der Waals surface area contributed by atoms with E-state index in [1.165, 1.54) is 11.2 Å². The lowest BCUT2D eigenvalue weighted by Gasteiger charge is -2.18. The van der Waals surface area contributed by atoms with Gasteiger partial charge in [-0.25, -0.2) is 4.79 Å². The number of nitrogens with one attached hydrogen (secondary N) is 1. The molecule has 0 aliphatic carbocycles. The third-order valence-electron chi connectivity index (χ3n) is 3.09. The fourth-order valence-corrected chi connectivity index (χ4v) is 2.19. The van der Waals surface area contributed by atoms with E-state index in [0.717, 1.165) is 0 Å². The number of carbonyl (C=O) groups is 2. The summed E-state index contributed by atoms with van der Waals surface area (Å²) in [5.41, 5.74) is 4.25. The molecule has 0 spiro atoms. The summed E-state index contributed by atoms with van der Waals surface area (Å²) in [5, 5.41) is 2.65. The highest BCUT2D eigenvalue weighted by atomic mass is 32.1. The van der Waals surface area contributed by atoms with Crippen molar-refractivity contribution in [1.29, 1.82) is 0 Å². The van der Waals surface area contributed by atoms with Gasteiger partial charge in [0.25, 0.3) is 5.91 Å². The molecule has 1 aliphatic rings. The van der Waals surface area contributed by atoms with E-state index in [1.807, 2.05) is 0 Å². The lowest BCUT2D eigenvalue weighted by atomic mass is 9.99. The molecule has 0 saturated carbocycles. The van der Waals surface area contributed by atoms with Crippen LogP contribution in [0.4, 0.5) is 4.79 Å². The number of hydrogen-bond donors (Lipinski definition) is 2. The third kappa shape index (κ3) is 2.46. The van der Waals surface area contributed by atoms with E-state index in [-0.39, 0.29) is 12.5 Å². The summed E-state index contributed by atoms with van der Waals surface area (Å²) in [6, 6.07) is 2.92. The van der Waals surface area contributed by atoms with Crippen molar-refractivity contribution in [3.8, 4) is 0 Å². The molecule has 0 bridgehead atoms. The summed E-state index contributed by atoms with van der Waals surface area (Å²) in [6.07, 6.45) is 2.53. The Balaban J connectivity index is 2.10. The Morgan fingerprint density at radius 3 is 2.89 bits per heavy atom. The van der Waals surface area contributed by atoms with Crippen molar-refractivity contribution >= 4 is 29.1 Å². The van der Waals surface area contributed by atoms with Gasteiger partial charge in [-0.15, -0.1) is 0 Å². The fourth-order valence-electron chi connectivity index (χ4n) is 2.04. The zero-order chi connectivity index (χ0) is 14.0. The normalized spacial score (nSPS) is 22.7. The first-order valence-electron chi connectivity index (χ1n) is 5.91. The van der Waals surface area contributed by atoms with Crippen LogP contribution in [0.3, 0.4) is 0 Å². The number of urea groups is 1. The van der Waals surface area contributed by atoms with Crippen LogP contribution in [0.15, 0.2) is 22.8 Å². The first-order chi connectivity index (χ1) is 8.95. The Bertz CT molecular complexity index is 514. The van der Waals surface area contributed by atoms with E-state index in [0.29, 0.717) is 23.6 Å². The highest BCUT2D eigenvalue weighted by Gasteiger charge is 2.50. The average molecular weight is 281 g/mol. The van der Waals surface area contributed by atoms with E-state index >= 15 is 0 Å². The molecule has 0 aromatic carbocycles. The minimum absolute atomic E-state index is 0.290. The van der Waals surface area contributed by atoms with E-state index in [9.17, 15) is 9.59 Å². The molecule has 3 amide bonds. The predicted molar refractivity (Wildman–Crippen MR) is 72.3 cm³/mol. The molecule has 1 aromatic heterocycles. The average Bonchev–Trinajstić information content (AvgIpc) is 2.92. The third-order valence-corrected chi connectivity index (χ3v) is 3.30. The lowest BCUT2D eigenvalue weighted by molar-refractivity contribution is -0.131. The summed E-state index contributed by atoms with van der Waals surface area (Å²) in [6.45, 7) is 1.91. The summed E-state index contributed by atoms with van der Waals surface area (Å²) in [5.74, 6) is 0.0954. The Morgan fingerprint density at radius 2 is 2.32 bits per heavy atom. The number of amides is 3. The molecule has 1 atom stereocenters. The number of furan rings is 1. The smallest absolute Gasteiger partial charge is 0.325 e. The summed E-state index contributed by atoms with van der Waals surface area (Å²) in [4.78, 5) is 25.7. The number of hydrogen-bond acceptors (Lipinski definition) is 4. The van der Waals surface area contributed by atoms with Crippen LogP contribution in [0, 0.1) is 0 Å². The van der Waals surface area contributed by atoms with Crippen molar-refractivity contribution < 1.29 is 14.0 Å². The first-order valence-corrected chi connectivity index (χ1v) is 6.32. The predicted octanol–water partition coefficient (Wildman–Crippen LogP) is 1.11. The van der Waals surface area contributed by atoms with Gasteiger partial charge in [-0.1, -0.05) is 12.2 Å². The van der Waals surface area contributed by atoms with Crippen LogP contribution in [0.2, 0.25) is 0 Å². The number of imide groups is 1. The standard InChI is InChI=1S/C12H15N3O3S/c1-12(8-4-3-7-18-8)10(16)15(11(17)14-12)6-2-5-9(13)19/h3-4,7H,2,5-6H2,1H3,(H2,13,19)(H,14,17). The van der Waals surface area contributed by atoms with Gasteiger partial charge in [-0.2, -0.15) is 0 Å². The monoisotopic (exact) mass is 281 g/mol. The van der Waals surface area contributed by atoms with Crippen LogP contribution in [0.5, 0.6) is 0 Å². The molecule has 2 heterocycles. The quantitative estimate of drug-likeness (QED) is 0.623. The van der Waals surface area contributed by atoms with Gasteiger partial charge in [0.15, 0.2) is 5.54 Å². The van der Waals surface area contributed by atoms with Gasteiger partial charge in [0.05, 0.1) is 11.3 Å². The van der Waals surface area contributed by atoms with Crippen molar-refractivity contribution in [1.82, 2.24) is 10.2 Å². The Morgan fingerprint density at radius 1 is 1.58 bits per heavy atom. The molecule has 1 aliphatic heterocycles. The summed E-state index contributed by atoms with van der Waals surface area (Å²) in [7, 11) is 0. The van der Waals surface area contributed by atoms with Crippen LogP contribution in [-0.2, 0) is 10.3 Å². The minimum Gasteiger partial charge on any atom is -0.466 e. The second-order valence-corrected chi connectivity index (χ2v) is 5.08. The number of rotatable bonds is 5. The first kappa shape index (κ1) is 13.5. The highest BCUT2D eigenvalue weighted by molar-refractivity contribution is 7.80. The molecule has 1 unspecified atom stereocenters. The Labute approximate surface area is 115 Å². The fraction of sp³-hybridized carbons (Fsp3) is 0.417. The second kappa shape index (κ2) is 5.00. The lowest BCUT2D eigenvalue weighted by Crippen LogP contribution is -2.40. The van der Waals surface area contributed by atoms with E-state index in [1.54, 1.807) is 19.1 Å². The van der Waals surface area contributed by atoms with Gasteiger partial charge < -0.3 is 15.5 Å². The Kier molecular flexibility index (Phi) is 3.57. The molecular formula is C12H15N3O3S. The molecule has 6 nitrogen and oxygen atoms in total. The van der Waals surface area contributed by atoms with Crippen molar-refractivity contribution in [2.45, 2.75) is 25.3 Å². The van der Waals surface area contributed by atoms with Crippen molar-refractivity contribution in [3.05, 3.63) is 24.2 Å². The zero-order valence-electron chi connectivity index (χ0n) is 10.5. The van der Waals surface area contributed by atoms with Crippen molar-refractivity contribution in [2.24, 2.45) is 5.73 Å². The van der Waals surface area contributed by atoms with Crippen LogP contribution >= 0.6 is 12.2 Å². The maximum Gasteiger partial charge on any atom is 0.325 e. The molecule has 2 rings (SSSR count). The second-order valence-electron chi connectivity index (χ2n) is 4.56. The minimum atomic E-state index is -1.14. The summed E-state index contributed by atoms with van der Waals surface area (Å²) < 4.78 is 5.23. The van der Waals surface area contributed by atoms with E-state index in [2.05, 4.69) is 5.32 Å². The van der Waals surface area contributed by atoms with Crippen LogP contribution < -0.4 is 11.1 Å². The largest absolute Gasteiger partial charge is 0.466 e. The Hall–Kier alpha value is -1.89. The molecule has 19 heavy (non-hydrogen) atoms. The SMILES string of the molecule is CC1(c2ccco2)NC(=O)N(CCCC(N)=S)C1=O. The van der Waals surface area contributed by atoms with Gasteiger partial charge >= 0.3 is 6.03 Å². The van der Waals surface area contributed by atoms with Crippen molar-refractivity contribution in [3.63, 3.8) is 0 Å². The summed E-state index contributed by atoms with van der Waals surface area (Å²) >= 11 is 4.76. The maximum atomic E-state index is 12.3. The molecule has 7 heteroatoms. The molecule has 0 radical (unpaired) electrons. The topological polar surface area (TPSA) is 88.6 Å². The van der Waals surface area contributed by atoms with Gasteiger partial charge in [0.2, 0.25) is 0 Å². The molecular weight excluding hydrogens is 266 g/mol. The molecule has 1 aromatic rings. The van der Waals surface area contributed by atoms with Gasteiger partial charge in [-0.3, -0.25) is 9.69 Å². The van der Waals surface area contributed by atoms with Gasteiger partial charge in [0, 0.05) is 6.54 Å². The number of carbonyl (C=O) groups excluding carboxylic acids is 2. The van der Waals surface area contributed by atoms with Crippen LogP contribution in [0.25, 0.3) is 0 Å². The molecule has 1 fully saturated rings. The van der Waals surface area contributed by atoms with E-state index in [4.69, 9.17) is 22.4 Å². The van der Waals surface area contributed by atoms with Crippen LogP contribution in [-0.4, -0.2) is 28.4 Å². The van der Waals surface area contributed by atoms with Crippen molar-refractivity contribution in [2.75, 3.05) is 6.54 Å². The van der Waals surface area contributed by atoms with Crippen LogP contribution in [0.1, 0.15) is 25.5 Å².